The Morgan fingerprint density at radius 1 is 1.13 bits per heavy atom. The van der Waals surface area contributed by atoms with E-state index in [-0.39, 0.29) is 25.4 Å². The second kappa shape index (κ2) is 9.13. The average molecular weight is 425 g/mol. The third-order valence-corrected chi connectivity index (χ3v) is 5.33. The Hall–Kier alpha value is -3.12. The van der Waals surface area contributed by atoms with E-state index in [9.17, 15) is 9.59 Å². The van der Waals surface area contributed by atoms with Crippen LogP contribution < -0.4 is 4.90 Å². The molecule has 0 spiro atoms. The number of aromatic nitrogens is 1. The molecule has 1 aromatic heterocycles. The molecule has 2 heterocycles. The van der Waals surface area contributed by atoms with Gasteiger partial charge in [-0.1, -0.05) is 41.9 Å². The molecule has 1 aliphatic heterocycles. The molecule has 0 aliphatic carbocycles. The Balaban J connectivity index is 1.28. The molecule has 2 aromatic carbocycles. The number of rotatable bonds is 6. The molecule has 6 nitrogen and oxygen atoms in total. The first-order valence-corrected chi connectivity index (χ1v) is 10.2. The van der Waals surface area contributed by atoms with Crippen molar-refractivity contribution in [3.05, 3.63) is 71.2 Å². The zero-order valence-electron chi connectivity index (χ0n) is 16.3. The second-order valence-electron chi connectivity index (χ2n) is 7.04. The summed E-state index contributed by atoms with van der Waals surface area (Å²) < 4.78 is 10.9. The van der Waals surface area contributed by atoms with Gasteiger partial charge < -0.3 is 14.1 Å². The predicted molar refractivity (Wildman–Crippen MR) is 113 cm³/mol. The number of hydrogen-bond acceptors (Lipinski definition) is 5. The van der Waals surface area contributed by atoms with Crippen molar-refractivity contribution in [2.24, 2.45) is 0 Å². The van der Waals surface area contributed by atoms with Gasteiger partial charge >= 0.3 is 5.97 Å². The number of ether oxygens (including phenoxy) is 1. The van der Waals surface area contributed by atoms with E-state index in [1.807, 2.05) is 42.5 Å². The maximum absolute atomic E-state index is 12.5. The number of aryl methyl sites for hydroxylation is 2. The number of hydrogen-bond donors (Lipinski definition) is 0. The zero-order chi connectivity index (χ0) is 20.9. The molecule has 0 saturated carbocycles. The summed E-state index contributed by atoms with van der Waals surface area (Å²) in [6.07, 6.45) is 3.79. The first-order chi connectivity index (χ1) is 14.6. The largest absolute Gasteiger partial charge is 0.456 e. The van der Waals surface area contributed by atoms with Crippen LogP contribution in [-0.4, -0.2) is 30.0 Å². The van der Waals surface area contributed by atoms with E-state index in [0.29, 0.717) is 23.2 Å². The van der Waals surface area contributed by atoms with E-state index in [2.05, 4.69) is 4.98 Å². The van der Waals surface area contributed by atoms with Crippen molar-refractivity contribution in [2.45, 2.75) is 25.7 Å². The van der Waals surface area contributed by atoms with E-state index < -0.39 is 5.97 Å². The number of benzene rings is 2. The van der Waals surface area contributed by atoms with Crippen LogP contribution in [0.4, 0.5) is 5.69 Å². The van der Waals surface area contributed by atoms with Crippen molar-refractivity contribution in [1.82, 2.24) is 4.98 Å². The van der Waals surface area contributed by atoms with Crippen LogP contribution in [0.5, 0.6) is 0 Å². The van der Waals surface area contributed by atoms with Crippen molar-refractivity contribution in [2.75, 3.05) is 18.1 Å². The van der Waals surface area contributed by atoms with Crippen molar-refractivity contribution in [1.29, 1.82) is 0 Å². The lowest BCUT2D eigenvalue weighted by atomic mass is 10.0. The van der Waals surface area contributed by atoms with Crippen molar-refractivity contribution < 1.29 is 18.7 Å². The summed E-state index contributed by atoms with van der Waals surface area (Å²) in [5.41, 5.74) is 2.78. The maximum atomic E-state index is 12.5. The zero-order valence-corrected chi connectivity index (χ0v) is 17.1. The number of carbonyl (C=O) groups is 2. The molecule has 7 heteroatoms. The highest BCUT2D eigenvalue weighted by Crippen LogP contribution is 2.28. The lowest BCUT2D eigenvalue weighted by Crippen LogP contribution is -2.38. The summed E-state index contributed by atoms with van der Waals surface area (Å²) in [6, 6.07) is 15.1. The van der Waals surface area contributed by atoms with Crippen LogP contribution in [0.3, 0.4) is 0 Å². The number of esters is 1. The van der Waals surface area contributed by atoms with Gasteiger partial charge in [-0.05, 0) is 36.6 Å². The van der Waals surface area contributed by atoms with Gasteiger partial charge in [-0.15, -0.1) is 0 Å². The van der Waals surface area contributed by atoms with Crippen LogP contribution in [0.25, 0.3) is 11.3 Å². The molecule has 0 saturated heterocycles. The minimum Gasteiger partial charge on any atom is -0.456 e. The van der Waals surface area contributed by atoms with E-state index >= 15 is 0 Å². The summed E-state index contributed by atoms with van der Waals surface area (Å²) in [5.74, 6) is 0.278. The van der Waals surface area contributed by atoms with Crippen LogP contribution in [-0.2, 0) is 27.2 Å². The molecule has 0 N–H and O–H groups in total. The van der Waals surface area contributed by atoms with Gasteiger partial charge in [0.1, 0.15) is 0 Å². The Morgan fingerprint density at radius 3 is 2.80 bits per heavy atom. The Bertz CT molecular complexity index is 1060. The molecule has 30 heavy (non-hydrogen) atoms. The van der Waals surface area contributed by atoms with Crippen LogP contribution in [0, 0.1) is 0 Å². The molecule has 0 atom stereocenters. The Morgan fingerprint density at radius 2 is 1.93 bits per heavy atom. The van der Waals surface area contributed by atoms with Gasteiger partial charge in [-0.3, -0.25) is 9.59 Å². The fourth-order valence-corrected chi connectivity index (χ4v) is 3.73. The minimum atomic E-state index is -0.467. The monoisotopic (exact) mass is 424 g/mol. The number of oxazole rings is 1. The lowest BCUT2D eigenvalue weighted by Gasteiger charge is -2.29. The average Bonchev–Trinajstić information content (AvgIpc) is 3.24. The molecule has 3 aromatic rings. The summed E-state index contributed by atoms with van der Waals surface area (Å²) in [5, 5.41) is 0.567. The quantitative estimate of drug-likeness (QED) is 0.546. The second-order valence-corrected chi connectivity index (χ2v) is 7.44. The van der Waals surface area contributed by atoms with Gasteiger partial charge in [-0.25, -0.2) is 4.98 Å². The maximum Gasteiger partial charge on any atom is 0.306 e. The molecule has 1 amide bonds. The van der Waals surface area contributed by atoms with Crippen LogP contribution >= 0.6 is 11.6 Å². The standard InChI is InChI=1S/C23H21ClN2O4/c24-18-9-3-2-8-17(18)20-14-25-21(30-20)11-12-23(28)29-15-22(27)26-13-5-7-16-6-1-4-10-19(16)26/h1-4,6,8-10,14H,5,7,11-13,15H2. The van der Waals surface area contributed by atoms with Gasteiger partial charge in [-0.2, -0.15) is 0 Å². The number of nitrogens with zero attached hydrogens (tertiary/aromatic N) is 2. The normalized spacial score (nSPS) is 13.0. The van der Waals surface area contributed by atoms with Gasteiger partial charge in [0, 0.05) is 24.2 Å². The highest BCUT2D eigenvalue weighted by Gasteiger charge is 2.23. The Kier molecular flexibility index (Phi) is 6.14. The molecular weight excluding hydrogens is 404 g/mol. The van der Waals surface area contributed by atoms with Crippen LogP contribution in [0.1, 0.15) is 24.3 Å². The highest BCUT2D eigenvalue weighted by molar-refractivity contribution is 6.33. The third-order valence-electron chi connectivity index (χ3n) is 5.00. The summed E-state index contributed by atoms with van der Waals surface area (Å²) in [4.78, 5) is 30.5. The first-order valence-electron chi connectivity index (χ1n) is 9.85. The lowest BCUT2D eigenvalue weighted by molar-refractivity contribution is -0.147. The molecular formula is C23H21ClN2O4. The topological polar surface area (TPSA) is 72.6 Å². The summed E-state index contributed by atoms with van der Waals surface area (Å²) in [6.45, 7) is 0.359. The minimum absolute atomic E-state index is 0.0757. The Labute approximate surface area is 179 Å². The third kappa shape index (κ3) is 4.54. The van der Waals surface area contributed by atoms with E-state index in [0.717, 1.165) is 29.7 Å². The fraction of sp³-hybridized carbons (Fsp3) is 0.261. The first kappa shape index (κ1) is 20.2. The number of halogens is 1. The fourth-order valence-electron chi connectivity index (χ4n) is 3.51. The van der Waals surface area contributed by atoms with Crippen molar-refractivity contribution >= 4 is 29.2 Å². The summed E-state index contributed by atoms with van der Waals surface area (Å²) >= 11 is 6.16. The summed E-state index contributed by atoms with van der Waals surface area (Å²) in [7, 11) is 0. The number of anilines is 1. The SMILES string of the molecule is O=C(CCc1ncc(-c2ccccc2Cl)o1)OCC(=O)N1CCCc2ccccc21. The molecule has 0 unspecified atom stereocenters. The molecule has 154 valence electrons. The van der Waals surface area contributed by atoms with E-state index in [4.69, 9.17) is 20.8 Å². The smallest absolute Gasteiger partial charge is 0.306 e. The van der Waals surface area contributed by atoms with E-state index in [1.165, 1.54) is 0 Å². The van der Waals surface area contributed by atoms with Crippen LogP contribution in [0.2, 0.25) is 5.02 Å². The van der Waals surface area contributed by atoms with Gasteiger partial charge in [0.25, 0.3) is 5.91 Å². The highest BCUT2D eigenvalue weighted by atomic mass is 35.5. The van der Waals surface area contributed by atoms with Gasteiger partial charge in [0.2, 0.25) is 0 Å². The molecule has 0 fully saturated rings. The van der Waals surface area contributed by atoms with Gasteiger partial charge in [0.05, 0.1) is 17.6 Å². The number of carbonyl (C=O) groups excluding carboxylic acids is 2. The number of para-hydroxylation sites is 1. The van der Waals surface area contributed by atoms with Crippen molar-refractivity contribution in [3.63, 3.8) is 0 Å². The molecule has 4 rings (SSSR count). The molecule has 0 radical (unpaired) electrons. The van der Waals surface area contributed by atoms with Crippen molar-refractivity contribution in [3.8, 4) is 11.3 Å². The number of amides is 1. The molecule has 1 aliphatic rings. The van der Waals surface area contributed by atoms with E-state index in [1.54, 1.807) is 17.2 Å². The van der Waals surface area contributed by atoms with Gasteiger partial charge in [0.15, 0.2) is 18.3 Å². The number of fused-ring (bicyclic) bond motifs is 1. The predicted octanol–water partition coefficient (Wildman–Crippen LogP) is 4.45. The van der Waals surface area contributed by atoms with Crippen LogP contribution in [0.15, 0.2) is 59.1 Å². The molecule has 0 bridgehead atoms.